The molecule has 148 valence electrons. The average molecular weight is 377 g/mol. The summed E-state index contributed by atoms with van der Waals surface area (Å²) in [6.45, 7) is 8.36. The molecule has 0 saturated carbocycles. The Bertz CT molecular complexity index is 675. The van der Waals surface area contributed by atoms with Gasteiger partial charge in [0.2, 0.25) is 0 Å². The highest BCUT2D eigenvalue weighted by Crippen LogP contribution is 2.36. The number of nitrogens with zero attached hydrogens (tertiary/aromatic N) is 3. The molecule has 0 aliphatic carbocycles. The molecule has 0 aromatic heterocycles. The van der Waals surface area contributed by atoms with Gasteiger partial charge < -0.3 is 23.7 Å². The summed E-state index contributed by atoms with van der Waals surface area (Å²) >= 11 is 0. The van der Waals surface area contributed by atoms with Crippen molar-refractivity contribution in [1.82, 2.24) is 0 Å². The molecule has 0 bridgehead atoms. The van der Waals surface area contributed by atoms with E-state index in [0.29, 0.717) is 13.2 Å². The van der Waals surface area contributed by atoms with E-state index < -0.39 is 29.9 Å². The normalized spacial score (nSPS) is 30.0. The van der Waals surface area contributed by atoms with Gasteiger partial charge in [-0.1, -0.05) is 35.4 Å². The van der Waals surface area contributed by atoms with Gasteiger partial charge >= 0.3 is 0 Å². The minimum atomic E-state index is -0.802. The summed E-state index contributed by atoms with van der Waals surface area (Å²) in [5, 5.41) is 3.67. The summed E-state index contributed by atoms with van der Waals surface area (Å²) in [5.74, 6) is -1.49. The maximum absolute atomic E-state index is 8.70. The van der Waals surface area contributed by atoms with Crippen molar-refractivity contribution in [1.29, 1.82) is 0 Å². The van der Waals surface area contributed by atoms with Crippen molar-refractivity contribution in [2.45, 2.75) is 70.3 Å². The zero-order valence-electron chi connectivity index (χ0n) is 16.2. The molecule has 8 heteroatoms. The predicted octanol–water partition coefficient (Wildman–Crippen LogP) is 3.55. The molecule has 0 N–H and O–H groups in total. The third-order valence-corrected chi connectivity index (χ3v) is 4.55. The van der Waals surface area contributed by atoms with Crippen molar-refractivity contribution in [2.24, 2.45) is 5.11 Å². The van der Waals surface area contributed by atoms with Gasteiger partial charge in [0.1, 0.15) is 18.3 Å². The van der Waals surface area contributed by atoms with Gasteiger partial charge in [0.15, 0.2) is 11.6 Å². The van der Waals surface area contributed by atoms with Gasteiger partial charge in [0.25, 0.3) is 0 Å². The second-order valence-corrected chi connectivity index (χ2v) is 7.68. The summed E-state index contributed by atoms with van der Waals surface area (Å²) in [4.78, 5) is 2.85. The van der Waals surface area contributed by atoms with Crippen LogP contribution in [-0.2, 0) is 30.3 Å². The van der Waals surface area contributed by atoms with Crippen LogP contribution >= 0.6 is 0 Å². The third-order valence-electron chi connectivity index (χ3n) is 4.55. The zero-order chi connectivity index (χ0) is 19.5. The van der Waals surface area contributed by atoms with Crippen LogP contribution < -0.4 is 0 Å². The molecule has 8 nitrogen and oxygen atoms in total. The molecule has 27 heavy (non-hydrogen) atoms. The Kier molecular flexibility index (Phi) is 6.05. The Balaban J connectivity index is 1.80. The largest absolute Gasteiger partial charge is 0.368 e. The second-order valence-electron chi connectivity index (χ2n) is 7.68. The first-order valence-electron chi connectivity index (χ1n) is 9.13. The van der Waals surface area contributed by atoms with Crippen LogP contribution in [0.5, 0.6) is 0 Å². The van der Waals surface area contributed by atoms with E-state index in [1.54, 1.807) is 0 Å². The molecule has 2 heterocycles. The van der Waals surface area contributed by atoms with Crippen LogP contribution in [0.25, 0.3) is 10.4 Å². The SMILES string of the molecule is CC1(C)OCC(C(OCc2ccccc2)C2OC(C)(C)OC2CN=[N+]=[N-])O1. The summed E-state index contributed by atoms with van der Waals surface area (Å²) < 4.78 is 30.1. The van der Waals surface area contributed by atoms with E-state index in [1.165, 1.54) is 0 Å². The maximum atomic E-state index is 8.70. The molecule has 1 aromatic rings. The van der Waals surface area contributed by atoms with Gasteiger partial charge in [-0.25, -0.2) is 0 Å². The van der Waals surface area contributed by atoms with E-state index in [4.69, 9.17) is 29.2 Å². The van der Waals surface area contributed by atoms with Crippen LogP contribution in [0.4, 0.5) is 0 Å². The zero-order valence-corrected chi connectivity index (χ0v) is 16.2. The van der Waals surface area contributed by atoms with Crippen molar-refractivity contribution in [2.75, 3.05) is 13.2 Å². The molecule has 0 spiro atoms. The fourth-order valence-corrected chi connectivity index (χ4v) is 3.46. The lowest BCUT2D eigenvalue weighted by atomic mass is 10.0. The Labute approximate surface area is 159 Å². The van der Waals surface area contributed by atoms with Crippen molar-refractivity contribution in [3.05, 3.63) is 46.3 Å². The van der Waals surface area contributed by atoms with Crippen LogP contribution in [0.1, 0.15) is 33.3 Å². The first-order chi connectivity index (χ1) is 12.8. The van der Waals surface area contributed by atoms with Crippen LogP contribution in [0.2, 0.25) is 0 Å². The minimum Gasteiger partial charge on any atom is -0.368 e. The lowest BCUT2D eigenvalue weighted by Crippen LogP contribution is -2.47. The van der Waals surface area contributed by atoms with Gasteiger partial charge in [-0.05, 0) is 38.8 Å². The molecule has 2 aliphatic heterocycles. The molecular weight excluding hydrogens is 350 g/mol. The second kappa shape index (κ2) is 8.14. The molecule has 2 aliphatic rings. The number of hydrogen-bond acceptors (Lipinski definition) is 6. The van der Waals surface area contributed by atoms with Gasteiger partial charge in [0.05, 0.1) is 25.9 Å². The fraction of sp³-hybridized carbons (Fsp3) is 0.684. The molecule has 3 rings (SSSR count). The van der Waals surface area contributed by atoms with E-state index in [2.05, 4.69) is 10.0 Å². The first kappa shape index (κ1) is 20.1. The Morgan fingerprint density at radius 1 is 1.15 bits per heavy atom. The summed E-state index contributed by atoms with van der Waals surface area (Å²) in [6, 6.07) is 9.90. The first-order valence-corrected chi connectivity index (χ1v) is 9.13. The number of benzene rings is 1. The van der Waals surface area contributed by atoms with Gasteiger partial charge in [-0.3, -0.25) is 0 Å². The number of hydrogen-bond donors (Lipinski definition) is 0. The van der Waals surface area contributed by atoms with Crippen molar-refractivity contribution in [3.8, 4) is 0 Å². The van der Waals surface area contributed by atoms with Crippen LogP contribution in [0.15, 0.2) is 35.4 Å². The van der Waals surface area contributed by atoms with E-state index >= 15 is 0 Å². The quantitative estimate of drug-likeness (QED) is 0.411. The van der Waals surface area contributed by atoms with E-state index in [1.807, 2.05) is 58.0 Å². The van der Waals surface area contributed by atoms with Gasteiger partial charge in [0, 0.05) is 4.91 Å². The number of ether oxygens (including phenoxy) is 5. The Hall–Kier alpha value is -1.67. The highest BCUT2D eigenvalue weighted by Gasteiger charge is 2.50. The Morgan fingerprint density at radius 3 is 2.52 bits per heavy atom. The monoisotopic (exact) mass is 377 g/mol. The van der Waals surface area contributed by atoms with Crippen molar-refractivity contribution < 1.29 is 23.7 Å². The highest BCUT2D eigenvalue weighted by molar-refractivity contribution is 5.13. The standard InChI is InChI=1S/C19H27N3O5/c1-18(2)24-12-15(26-18)16(23-11-13-8-6-5-7-9-13)17-14(10-21-22-20)25-19(3,4)27-17/h5-9,14-17H,10-12H2,1-4H3. The van der Waals surface area contributed by atoms with E-state index in [0.717, 1.165) is 5.56 Å². The summed E-state index contributed by atoms with van der Waals surface area (Å²) in [5.41, 5.74) is 9.75. The van der Waals surface area contributed by atoms with Crippen molar-refractivity contribution >= 4 is 0 Å². The van der Waals surface area contributed by atoms with Crippen LogP contribution in [0, 0.1) is 0 Å². The molecule has 0 radical (unpaired) electrons. The Morgan fingerprint density at radius 2 is 1.89 bits per heavy atom. The average Bonchev–Trinajstić information content (AvgIpc) is 3.13. The highest BCUT2D eigenvalue weighted by atomic mass is 16.8. The maximum Gasteiger partial charge on any atom is 0.163 e. The minimum absolute atomic E-state index is 0.159. The molecule has 2 fully saturated rings. The molecule has 1 aromatic carbocycles. The number of rotatable bonds is 7. The van der Waals surface area contributed by atoms with E-state index in [9.17, 15) is 0 Å². The summed E-state index contributed by atoms with van der Waals surface area (Å²) in [6.07, 6.45) is -1.63. The predicted molar refractivity (Wildman–Crippen MR) is 97.8 cm³/mol. The molecule has 4 atom stereocenters. The third kappa shape index (κ3) is 5.19. The molecular formula is C19H27N3O5. The van der Waals surface area contributed by atoms with Gasteiger partial charge in [-0.15, -0.1) is 0 Å². The molecule has 0 amide bonds. The van der Waals surface area contributed by atoms with Crippen LogP contribution in [0.3, 0.4) is 0 Å². The smallest absolute Gasteiger partial charge is 0.163 e. The fourth-order valence-electron chi connectivity index (χ4n) is 3.46. The lowest BCUT2D eigenvalue weighted by molar-refractivity contribution is -0.190. The van der Waals surface area contributed by atoms with Crippen molar-refractivity contribution in [3.63, 3.8) is 0 Å². The number of azide groups is 1. The van der Waals surface area contributed by atoms with Gasteiger partial charge in [-0.2, -0.15) is 0 Å². The van der Waals surface area contributed by atoms with Crippen LogP contribution in [-0.4, -0.2) is 49.1 Å². The summed E-state index contributed by atoms with van der Waals surface area (Å²) in [7, 11) is 0. The molecule has 2 saturated heterocycles. The molecule has 4 unspecified atom stereocenters. The van der Waals surface area contributed by atoms with E-state index in [-0.39, 0.29) is 12.6 Å². The lowest BCUT2D eigenvalue weighted by Gasteiger charge is -2.30. The topological polar surface area (TPSA) is 94.9 Å².